The molecule has 1 aromatic carbocycles. The monoisotopic (exact) mass is 288 g/mol. The van der Waals surface area contributed by atoms with Crippen LogP contribution in [0.5, 0.6) is 0 Å². The lowest BCUT2D eigenvalue weighted by Crippen LogP contribution is -2.42. The number of nitrogens with zero attached hydrogens (tertiary/aromatic N) is 3. The van der Waals surface area contributed by atoms with Crippen LogP contribution in [-0.4, -0.2) is 38.2 Å². The summed E-state index contributed by atoms with van der Waals surface area (Å²) in [5.74, 6) is -0.336. The molecular weight excluding hydrogens is 268 g/mol. The maximum absolute atomic E-state index is 12.0. The molecule has 6 nitrogen and oxygen atoms in total. The van der Waals surface area contributed by atoms with Crippen molar-refractivity contribution in [2.24, 2.45) is 0 Å². The number of benzene rings is 1. The average Bonchev–Trinajstić information content (AvgIpc) is 3.03. The van der Waals surface area contributed by atoms with Crippen molar-refractivity contribution in [3.8, 4) is 5.69 Å². The number of aromatic nitrogens is 3. The van der Waals surface area contributed by atoms with E-state index >= 15 is 0 Å². The Morgan fingerprint density at radius 2 is 1.95 bits per heavy atom. The molecule has 1 amide bonds. The van der Waals surface area contributed by atoms with Crippen molar-refractivity contribution in [1.82, 2.24) is 20.3 Å². The summed E-state index contributed by atoms with van der Waals surface area (Å²) in [6.45, 7) is 3.99. The first-order valence-corrected chi connectivity index (χ1v) is 7.06. The molecule has 0 aliphatic heterocycles. The zero-order valence-corrected chi connectivity index (χ0v) is 12.3. The van der Waals surface area contributed by atoms with E-state index in [4.69, 9.17) is 0 Å². The van der Waals surface area contributed by atoms with Crippen LogP contribution in [0.4, 0.5) is 0 Å². The third kappa shape index (κ3) is 3.66. The first-order chi connectivity index (χ1) is 10.1. The van der Waals surface area contributed by atoms with Crippen LogP contribution in [0.2, 0.25) is 0 Å². The van der Waals surface area contributed by atoms with Gasteiger partial charge in [0.05, 0.1) is 17.5 Å². The van der Waals surface area contributed by atoms with Crippen molar-refractivity contribution in [1.29, 1.82) is 0 Å². The summed E-state index contributed by atoms with van der Waals surface area (Å²) in [7, 11) is 0. The molecule has 0 bridgehead atoms. The van der Waals surface area contributed by atoms with Crippen LogP contribution in [0, 0.1) is 0 Å². The number of para-hydroxylation sites is 1. The summed E-state index contributed by atoms with van der Waals surface area (Å²) in [6.07, 6.45) is 2.58. The second-order valence-electron chi connectivity index (χ2n) is 4.97. The molecule has 0 radical (unpaired) electrons. The number of rotatable bonds is 6. The molecule has 2 aromatic rings. The third-order valence-corrected chi connectivity index (χ3v) is 3.61. The van der Waals surface area contributed by atoms with Crippen LogP contribution >= 0.6 is 0 Å². The molecule has 1 heterocycles. The Morgan fingerprint density at radius 1 is 1.29 bits per heavy atom. The molecule has 0 aliphatic rings. The minimum absolute atomic E-state index is 0.205. The molecule has 0 unspecified atom stereocenters. The molecule has 0 saturated heterocycles. The molecule has 0 spiro atoms. The highest BCUT2D eigenvalue weighted by Crippen LogP contribution is 2.13. The highest BCUT2D eigenvalue weighted by molar-refractivity contribution is 5.91. The second kappa shape index (κ2) is 6.49. The van der Waals surface area contributed by atoms with E-state index in [0.29, 0.717) is 12.8 Å². The maximum atomic E-state index is 12.0. The molecule has 0 aliphatic carbocycles. The van der Waals surface area contributed by atoms with E-state index in [2.05, 4.69) is 15.5 Å². The molecule has 0 atom stereocenters. The van der Waals surface area contributed by atoms with Crippen LogP contribution in [0.15, 0.2) is 36.5 Å². The highest BCUT2D eigenvalue weighted by Gasteiger charge is 2.23. The Balaban J connectivity index is 2.03. The second-order valence-corrected chi connectivity index (χ2v) is 4.97. The standard InChI is InChI=1S/C15H20N4O2/c1-3-15(21,4-2)11-16-14(20)13-10-17-19(18-13)12-8-6-5-7-9-12/h5-10,21H,3-4,11H2,1-2H3,(H,16,20). The number of carbonyl (C=O) groups excluding carboxylic acids is 1. The third-order valence-electron chi connectivity index (χ3n) is 3.61. The van der Waals surface area contributed by atoms with Gasteiger partial charge in [-0.1, -0.05) is 32.0 Å². The van der Waals surface area contributed by atoms with Gasteiger partial charge in [0.25, 0.3) is 5.91 Å². The normalized spacial score (nSPS) is 11.4. The van der Waals surface area contributed by atoms with Gasteiger partial charge in [0.15, 0.2) is 5.69 Å². The fourth-order valence-corrected chi connectivity index (χ4v) is 1.89. The molecule has 21 heavy (non-hydrogen) atoms. The van der Waals surface area contributed by atoms with E-state index in [1.165, 1.54) is 11.0 Å². The van der Waals surface area contributed by atoms with Gasteiger partial charge in [-0.05, 0) is 25.0 Å². The van der Waals surface area contributed by atoms with E-state index in [-0.39, 0.29) is 18.1 Å². The van der Waals surface area contributed by atoms with Crippen molar-refractivity contribution < 1.29 is 9.90 Å². The summed E-state index contributed by atoms with van der Waals surface area (Å²) in [5.41, 5.74) is 0.147. The van der Waals surface area contributed by atoms with Gasteiger partial charge in [0.1, 0.15) is 0 Å². The zero-order valence-electron chi connectivity index (χ0n) is 12.3. The maximum Gasteiger partial charge on any atom is 0.273 e. The van der Waals surface area contributed by atoms with Crippen molar-refractivity contribution in [3.05, 3.63) is 42.2 Å². The smallest absolute Gasteiger partial charge is 0.273 e. The number of carbonyl (C=O) groups is 1. The summed E-state index contributed by atoms with van der Waals surface area (Å²) in [6, 6.07) is 9.36. The van der Waals surface area contributed by atoms with Gasteiger partial charge in [-0.25, -0.2) is 0 Å². The predicted molar refractivity (Wildman–Crippen MR) is 79.2 cm³/mol. The average molecular weight is 288 g/mol. The minimum Gasteiger partial charge on any atom is -0.388 e. The van der Waals surface area contributed by atoms with E-state index < -0.39 is 5.60 Å². The topological polar surface area (TPSA) is 80.0 Å². The fourth-order valence-electron chi connectivity index (χ4n) is 1.89. The van der Waals surface area contributed by atoms with Gasteiger partial charge in [0.2, 0.25) is 0 Å². The molecular formula is C15H20N4O2. The Morgan fingerprint density at radius 3 is 2.57 bits per heavy atom. The number of aliphatic hydroxyl groups is 1. The summed E-state index contributed by atoms with van der Waals surface area (Å²) >= 11 is 0. The van der Waals surface area contributed by atoms with Crippen LogP contribution < -0.4 is 5.32 Å². The van der Waals surface area contributed by atoms with Crippen molar-refractivity contribution >= 4 is 5.91 Å². The first-order valence-electron chi connectivity index (χ1n) is 7.06. The number of hydrogen-bond acceptors (Lipinski definition) is 4. The zero-order chi connectivity index (χ0) is 15.3. The summed E-state index contributed by atoms with van der Waals surface area (Å²) in [4.78, 5) is 13.4. The van der Waals surface area contributed by atoms with Crippen LogP contribution in [0.3, 0.4) is 0 Å². The highest BCUT2D eigenvalue weighted by atomic mass is 16.3. The molecule has 1 aromatic heterocycles. The van der Waals surface area contributed by atoms with E-state index in [1.54, 1.807) is 0 Å². The van der Waals surface area contributed by atoms with Gasteiger partial charge in [-0.15, -0.1) is 5.10 Å². The molecule has 6 heteroatoms. The van der Waals surface area contributed by atoms with Crippen molar-refractivity contribution in [2.45, 2.75) is 32.3 Å². The number of amides is 1. The van der Waals surface area contributed by atoms with Crippen LogP contribution in [0.1, 0.15) is 37.2 Å². The van der Waals surface area contributed by atoms with Crippen molar-refractivity contribution in [3.63, 3.8) is 0 Å². The predicted octanol–water partition coefficient (Wildman–Crippen LogP) is 1.55. The van der Waals surface area contributed by atoms with E-state index in [1.807, 2.05) is 44.2 Å². The van der Waals surface area contributed by atoms with Crippen LogP contribution in [0.25, 0.3) is 5.69 Å². The van der Waals surface area contributed by atoms with Gasteiger partial charge in [-0.3, -0.25) is 4.79 Å². The van der Waals surface area contributed by atoms with Gasteiger partial charge >= 0.3 is 0 Å². The van der Waals surface area contributed by atoms with Gasteiger partial charge in [-0.2, -0.15) is 9.90 Å². The molecule has 112 valence electrons. The summed E-state index contributed by atoms with van der Waals surface area (Å²) < 4.78 is 0. The lowest BCUT2D eigenvalue weighted by molar-refractivity contribution is 0.0313. The van der Waals surface area contributed by atoms with Crippen molar-refractivity contribution in [2.75, 3.05) is 6.54 Å². The summed E-state index contributed by atoms with van der Waals surface area (Å²) in [5, 5.41) is 21.1. The Bertz CT molecular complexity index is 591. The first kappa shape index (κ1) is 15.2. The van der Waals surface area contributed by atoms with Crippen LogP contribution in [-0.2, 0) is 0 Å². The quantitative estimate of drug-likeness (QED) is 0.845. The number of nitrogens with one attached hydrogen (secondary N) is 1. The lowest BCUT2D eigenvalue weighted by atomic mass is 9.97. The Labute approximate surface area is 123 Å². The number of hydrogen-bond donors (Lipinski definition) is 2. The fraction of sp³-hybridized carbons (Fsp3) is 0.400. The minimum atomic E-state index is -0.870. The Kier molecular flexibility index (Phi) is 4.70. The SMILES string of the molecule is CCC(O)(CC)CNC(=O)c1cnn(-c2ccccc2)n1. The molecule has 2 N–H and O–H groups in total. The molecule has 0 fully saturated rings. The van der Waals surface area contributed by atoms with E-state index in [9.17, 15) is 9.90 Å². The van der Waals surface area contributed by atoms with Gasteiger partial charge < -0.3 is 10.4 Å². The van der Waals surface area contributed by atoms with E-state index in [0.717, 1.165) is 5.69 Å². The molecule has 0 saturated carbocycles. The molecule has 2 rings (SSSR count). The Hall–Kier alpha value is -2.21. The lowest BCUT2D eigenvalue weighted by Gasteiger charge is -2.24. The van der Waals surface area contributed by atoms with Gasteiger partial charge in [0, 0.05) is 6.54 Å². The largest absolute Gasteiger partial charge is 0.388 e.